The minimum Gasteiger partial charge on any atom is -0.481 e. The van der Waals surface area contributed by atoms with Gasteiger partial charge in [-0.05, 0) is 6.92 Å². The van der Waals surface area contributed by atoms with Crippen LogP contribution in [0.25, 0.3) is 0 Å². The van der Waals surface area contributed by atoms with Gasteiger partial charge >= 0.3 is 11.9 Å². The van der Waals surface area contributed by atoms with Gasteiger partial charge < -0.3 is 10.2 Å². The van der Waals surface area contributed by atoms with Crippen LogP contribution >= 0.6 is 0 Å². The van der Waals surface area contributed by atoms with E-state index in [4.69, 9.17) is 10.2 Å². The number of carbonyl (C=O) groups is 2. The van der Waals surface area contributed by atoms with Crippen LogP contribution in [0.4, 0.5) is 0 Å². The zero-order valence-corrected chi connectivity index (χ0v) is 9.62. The summed E-state index contributed by atoms with van der Waals surface area (Å²) in [5.74, 6) is -2.00. The van der Waals surface area contributed by atoms with Crippen molar-refractivity contribution in [3.63, 3.8) is 0 Å². The van der Waals surface area contributed by atoms with Crippen LogP contribution in [0, 0.1) is 0 Å². The van der Waals surface area contributed by atoms with E-state index in [1.54, 1.807) is 6.92 Å². The first kappa shape index (κ1) is 14.3. The van der Waals surface area contributed by atoms with E-state index in [0.717, 1.165) is 0 Å². The molecular weight excluding hydrogens is 237 g/mol. The fourth-order valence-electron chi connectivity index (χ4n) is 0.655. The Morgan fingerprint density at radius 2 is 1.50 bits per heavy atom. The topological polar surface area (TPSA) is 74.6 Å². The molecule has 0 unspecified atom stereocenters. The summed E-state index contributed by atoms with van der Waals surface area (Å²) in [4.78, 5) is 20.2. The van der Waals surface area contributed by atoms with E-state index in [0.29, 0.717) is 5.57 Å². The summed E-state index contributed by atoms with van der Waals surface area (Å²) in [5.41, 5.74) is 0.421. The van der Waals surface area contributed by atoms with E-state index in [1.165, 1.54) is 6.08 Å². The maximum Gasteiger partial charge on any atom is 0.307 e. The molecule has 0 atom stereocenters. The van der Waals surface area contributed by atoms with Crippen LogP contribution in [0.15, 0.2) is 11.6 Å². The monoisotopic (exact) mass is 247 g/mol. The Bertz CT molecular complexity index is 180. The van der Waals surface area contributed by atoms with Gasteiger partial charge in [0.15, 0.2) is 0 Å². The number of allylic oxidation sites excluding steroid dienone is 1. The Hall–Kier alpha value is -0.216. The van der Waals surface area contributed by atoms with Gasteiger partial charge in [-0.3, -0.25) is 9.59 Å². The van der Waals surface area contributed by atoms with Crippen LogP contribution in [0.2, 0.25) is 0 Å². The maximum absolute atomic E-state index is 10.1. The molecule has 0 rings (SSSR count). The second-order valence-electron chi connectivity index (χ2n) is 2.09. The van der Waals surface area contributed by atoms with Gasteiger partial charge in [0.1, 0.15) is 0 Å². The molecule has 65 valence electrons. The van der Waals surface area contributed by atoms with Gasteiger partial charge in [-0.15, -0.1) is 0 Å². The molecule has 1 radical (unpaired) electrons. The number of carboxylic acids is 2. The predicted octanol–water partition coefficient (Wildman–Crippen LogP) is 0.880. The molecule has 0 saturated heterocycles. The standard InChI is InChI=1S/C7H10O4.Y/c1-2-5(3-6(8)9)4-7(10)11;/h2H,3-4H2,1H3,(H,8,9)(H,10,11);. The number of hydrogen-bond donors (Lipinski definition) is 2. The van der Waals surface area contributed by atoms with Crippen LogP contribution in [0.1, 0.15) is 19.8 Å². The first-order chi connectivity index (χ1) is 5.06. The third-order valence-electron chi connectivity index (χ3n) is 1.16. The molecule has 0 aliphatic heterocycles. The minimum absolute atomic E-state index is 0. The van der Waals surface area contributed by atoms with E-state index >= 15 is 0 Å². The summed E-state index contributed by atoms with van der Waals surface area (Å²) < 4.78 is 0. The zero-order valence-electron chi connectivity index (χ0n) is 6.78. The van der Waals surface area contributed by atoms with Crippen LogP contribution in [-0.2, 0) is 42.3 Å². The molecule has 5 heteroatoms. The number of hydrogen-bond acceptors (Lipinski definition) is 2. The van der Waals surface area contributed by atoms with Crippen molar-refractivity contribution in [2.75, 3.05) is 0 Å². The van der Waals surface area contributed by atoms with E-state index in [2.05, 4.69) is 0 Å². The molecule has 0 aliphatic rings. The number of rotatable bonds is 4. The average molecular weight is 247 g/mol. The van der Waals surface area contributed by atoms with E-state index < -0.39 is 11.9 Å². The van der Waals surface area contributed by atoms with Crippen molar-refractivity contribution in [1.82, 2.24) is 0 Å². The number of aliphatic carboxylic acids is 2. The van der Waals surface area contributed by atoms with Crippen LogP contribution in [0.5, 0.6) is 0 Å². The Morgan fingerprint density at radius 1 is 1.17 bits per heavy atom. The second-order valence-corrected chi connectivity index (χ2v) is 2.09. The molecule has 0 heterocycles. The molecule has 0 bridgehead atoms. The third kappa shape index (κ3) is 7.89. The summed E-state index contributed by atoms with van der Waals surface area (Å²) >= 11 is 0. The molecule has 0 aliphatic carbocycles. The predicted molar refractivity (Wildman–Crippen MR) is 38.3 cm³/mol. The molecule has 12 heavy (non-hydrogen) atoms. The first-order valence-electron chi connectivity index (χ1n) is 3.14. The van der Waals surface area contributed by atoms with Gasteiger partial charge in [0.05, 0.1) is 12.8 Å². The second kappa shape index (κ2) is 7.43. The molecule has 0 amide bonds. The summed E-state index contributed by atoms with van der Waals surface area (Å²) in [6.45, 7) is 1.63. The molecule has 2 N–H and O–H groups in total. The Kier molecular flexibility index (Phi) is 8.87. The van der Waals surface area contributed by atoms with Crippen molar-refractivity contribution in [3.05, 3.63) is 11.6 Å². The van der Waals surface area contributed by atoms with Crippen LogP contribution in [0.3, 0.4) is 0 Å². The maximum atomic E-state index is 10.1. The van der Waals surface area contributed by atoms with Crippen molar-refractivity contribution in [2.24, 2.45) is 0 Å². The molecule has 0 aromatic rings. The van der Waals surface area contributed by atoms with Gasteiger partial charge in [-0.25, -0.2) is 0 Å². The summed E-state index contributed by atoms with van der Waals surface area (Å²) in [6, 6.07) is 0. The fourth-order valence-corrected chi connectivity index (χ4v) is 0.655. The molecule has 0 fully saturated rings. The van der Waals surface area contributed by atoms with Crippen molar-refractivity contribution in [3.8, 4) is 0 Å². The Balaban J connectivity index is 0. The summed E-state index contributed by atoms with van der Waals surface area (Å²) in [6.07, 6.45) is 1.13. The Labute approximate surface area is 95.5 Å². The molecule has 0 aromatic carbocycles. The largest absolute Gasteiger partial charge is 0.481 e. The third-order valence-corrected chi connectivity index (χ3v) is 1.16. The Morgan fingerprint density at radius 3 is 1.67 bits per heavy atom. The molecule has 0 saturated carbocycles. The van der Waals surface area contributed by atoms with Crippen LogP contribution < -0.4 is 0 Å². The smallest absolute Gasteiger partial charge is 0.307 e. The molecule has 0 spiro atoms. The van der Waals surface area contributed by atoms with E-state index in [-0.39, 0.29) is 45.6 Å². The zero-order chi connectivity index (χ0) is 8.85. The van der Waals surface area contributed by atoms with Crippen LogP contribution in [-0.4, -0.2) is 22.2 Å². The van der Waals surface area contributed by atoms with E-state index in [1.807, 2.05) is 0 Å². The molecule has 0 aromatic heterocycles. The summed E-state index contributed by atoms with van der Waals surface area (Å²) in [5, 5.41) is 16.6. The average Bonchev–Trinajstić information content (AvgIpc) is 1.84. The fraction of sp³-hybridized carbons (Fsp3) is 0.429. The quantitative estimate of drug-likeness (QED) is 0.723. The minimum atomic E-state index is -1.00. The van der Waals surface area contributed by atoms with Gasteiger partial charge in [-0.2, -0.15) is 0 Å². The number of carboxylic acid groups (broad SMARTS) is 2. The normalized spacial score (nSPS) is 8.08. The van der Waals surface area contributed by atoms with Gasteiger partial charge in [0, 0.05) is 32.7 Å². The van der Waals surface area contributed by atoms with Crippen molar-refractivity contribution < 1.29 is 52.5 Å². The molecular formula is C7H10O4Y. The van der Waals surface area contributed by atoms with E-state index in [9.17, 15) is 9.59 Å². The SMILES string of the molecule is CC=C(CC(=O)O)CC(=O)O.[Y]. The first-order valence-corrected chi connectivity index (χ1v) is 3.14. The van der Waals surface area contributed by atoms with Gasteiger partial charge in [-0.1, -0.05) is 11.6 Å². The van der Waals surface area contributed by atoms with Crippen molar-refractivity contribution in [2.45, 2.75) is 19.8 Å². The summed E-state index contributed by atoms with van der Waals surface area (Å²) in [7, 11) is 0. The van der Waals surface area contributed by atoms with Crippen molar-refractivity contribution >= 4 is 11.9 Å². The molecule has 4 nitrogen and oxygen atoms in total. The van der Waals surface area contributed by atoms with Crippen molar-refractivity contribution in [1.29, 1.82) is 0 Å². The van der Waals surface area contributed by atoms with Gasteiger partial charge in [0.2, 0.25) is 0 Å². The van der Waals surface area contributed by atoms with Gasteiger partial charge in [0.25, 0.3) is 0 Å².